The van der Waals surface area contributed by atoms with Crippen molar-refractivity contribution in [3.63, 3.8) is 0 Å². The summed E-state index contributed by atoms with van der Waals surface area (Å²) in [4.78, 5) is 0. The smallest absolute Gasteiger partial charge is 0.175 e. The van der Waals surface area contributed by atoms with Gasteiger partial charge in [-0.05, 0) is 88.7 Å². The maximum absolute atomic E-state index is 9.66. The third-order valence-electron chi connectivity index (χ3n) is 4.36. The van der Waals surface area contributed by atoms with Crippen LogP contribution in [0.5, 0.6) is 11.5 Å². The molecule has 0 bridgehead atoms. The Balaban J connectivity index is 1.93. The van der Waals surface area contributed by atoms with Crippen molar-refractivity contribution in [1.29, 1.82) is 10.5 Å². The van der Waals surface area contributed by atoms with Gasteiger partial charge < -0.3 is 9.47 Å². The van der Waals surface area contributed by atoms with Gasteiger partial charge in [-0.3, -0.25) is 0 Å². The Kier molecular flexibility index (Phi) is 7.94. The van der Waals surface area contributed by atoms with Gasteiger partial charge in [-0.2, -0.15) is 10.5 Å². The lowest BCUT2D eigenvalue weighted by Gasteiger charge is -2.15. The fraction of sp³-hybridized carbons (Fsp3) is 0.120. The van der Waals surface area contributed by atoms with Crippen LogP contribution in [0.3, 0.4) is 0 Å². The number of halogens is 2. The summed E-state index contributed by atoms with van der Waals surface area (Å²) in [5.74, 6) is 1.26. The van der Waals surface area contributed by atoms with Crippen LogP contribution in [0.1, 0.15) is 29.2 Å². The zero-order chi connectivity index (χ0) is 22.2. The number of hydrogen-bond donors (Lipinski definition) is 0. The van der Waals surface area contributed by atoms with Crippen LogP contribution >= 0.6 is 34.2 Å². The molecule has 0 amide bonds. The molecule has 0 N–H and O–H groups in total. The number of nitriles is 2. The Bertz CT molecular complexity index is 1190. The molecule has 0 fully saturated rings. The second-order valence-electron chi connectivity index (χ2n) is 6.54. The van der Waals surface area contributed by atoms with Crippen molar-refractivity contribution in [3.05, 3.63) is 91.5 Å². The van der Waals surface area contributed by atoms with Crippen LogP contribution in [0.4, 0.5) is 0 Å². The molecule has 31 heavy (non-hydrogen) atoms. The summed E-state index contributed by atoms with van der Waals surface area (Å²) in [6.45, 7) is 2.77. The molecule has 4 nitrogen and oxygen atoms in total. The van der Waals surface area contributed by atoms with Crippen molar-refractivity contribution in [3.8, 4) is 23.6 Å². The van der Waals surface area contributed by atoms with Gasteiger partial charge in [-0.25, -0.2) is 0 Å². The Morgan fingerprint density at radius 1 is 1.06 bits per heavy atom. The molecule has 6 heteroatoms. The molecule has 0 heterocycles. The van der Waals surface area contributed by atoms with Gasteiger partial charge in [-0.1, -0.05) is 35.9 Å². The summed E-state index contributed by atoms with van der Waals surface area (Å²) in [6.07, 6.45) is 1.78. The van der Waals surface area contributed by atoms with Gasteiger partial charge in [0.25, 0.3) is 0 Å². The highest BCUT2D eigenvalue weighted by Crippen LogP contribution is 2.36. The third kappa shape index (κ3) is 6.01. The molecule has 0 spiro atoms. The molecule has 0 aromatic heterocycles. The van der Waals surface area contributed by atoms with E-state index in [0.717, 1.165) is 14.7 Å². The molecule has 3 rings (SSSR count). The molecule has 0 atom stereocenters. The highest BCUT2D eigenvalue weighted by Gasteiger charge is 2.13. The summed E-state index contributed by atoms with van der Waals surface area (Å²) >= 11 is 8.15. The Hall–Kier alpha value is -3.00. The van der Waals surface area contributed by atoms with E-state index in [2.05, 4.69) is 34.7 Å². The van der Waals surface area contributed by atoms with Gasteiger partial charge in [0, 0.05) is 5.02 Å². The minimum atomic E-state index is 0.382. The molecular formula is C25H18ClIN2O2. The lowest BCUT2D eigenvalue weighted by Crippen LogP contribution is -2.02. The van der Waals surface area contributed by atoms with Crippen LogP contribution in [-0.2, 0) is 6.61 Å². The summed E-state index contributed by atoms with van der Waals surface area (Å²) in [5.41, 5.74) is 3.47. The molecule has 0 saturated heterocycles. The van der Waals surface area contributed by atoms with Gasteiger partial charge in [0.1, 0.15) is 6.61 Å². The second-order valence-corrected chi connectivity index (χ2v) is 8.14. The first kappa shape index (κ1) is 22.7. The first-order valence-corrected chi connectivity index (χ1v) is 11.0. The molecule has 0 radical (unpaired) electrons. The highest BCUT2D eigenvalue weighted by atomic mass is 127. The standard InChI is InChI=1S/C25H18ClIN2O2/c1-2-30-24-13-19(11-21(15-29)20-5-3-4-18(10-20)14-28)12-23(27)25(24)31-16-17-6-8-22(26)9-7-17/h3-13H,2,16H2,1H3/b21-11-. The number of nitrogens with zero attached hydrogens (tertiary/aromatic N) is 2. The van der Waals surface area contributed by atoms with Gasteiger partial charge in [-0.15, -0.1) is 0 Å². The Morgan fingerprint density at radius 2 is 1.84 bits per heavy atom. The molecule has 0 aliphatic rings. The fourth-order valence-electron chi connectivity index (χ4n) is 2.91. The normalized spacial score (nSPS) is 10.8. The number of rotatable bonds is 7. The Labute approximate surface area is 200 Å². The number of benzene rings is 3. The zero-order valence-corrected chi connectivity index (χ0v) is 19.6. The first-order chi connectivity index (χ1) is 15.0. The van der Waals surface area contributed by atoms with Crippen molar-refractivity contribution in [2.24, 2.45) is 0 Å². The van der Waals surface area contributed by atoms with E-state index in [0.29, 0.717) is 46.4 Å². The van der Waals surface area contributed by atoms with E-state index in [9.17, 15) is 5.26 Å². The molecule has 0 saturated carbocycles. The number of allylic oxidation sites excluding steroid dienone is 1. The SMILES string of the molecule is CCOc1cc(/C=C(/C#N)c2cccc(C#N)c2)cc(I)c1OCc1ccc(Cl)cc1. The second kappa shape index (κ2) is 10.9. The van der Waals surface area contributed by atoms with Crippen LogP contribution < -0.4 is 9.47 Å². The summed E-state index contributed by atoms with van der Waals surface area (Å²) in [6, 6.07) is 22.6. The van der Waals surface area contributed by atoms with Crippen LogP contribution in [0.2, 0.25) is 5.02 Å². The van der Waals surface area contributed by atoms with Crippen molar-refractivity contribution >= 4 is 45.8 Å². The molecule has 0 aliphatic carbocycles. The highest BCUT2D eigenvalue weighted by molar-refractivity contribution is 14.1. The fourth-order valence-corrected chi connectivity index (χ4v) is 3.82. The predicted octanol–water partition coefficient (Wildman–Crippen LogP) is 6.86. The van der Waals surface area contributed by atoms with Gasteiger partial charge >= 0.3 is 0 Å². The van der Waals surface area contributed by atoms with Crippen molar-refractivity contribution < 1.29 is 9.47 Å². The van der Waals surface area contributed by atoms with E-state index in [1.54, 1.807) is 24.3 Å². The number of hydrogen-bond acceptors (Lipinski definition) is 4. The lowest BCUT2D eigenvalue weighted by molar-refractivity contribution is 0.267. The van der Waals surface area contributed by atoms with Crippen molar-refractivity contribution in [1.82, 2.24) is 0 Å². The van der Waals surface area contributed by atoms with E-state index < -0.39 is 0 Å². The molecule has 0 aliphatic heterocycles. The zero-order valence-electron chi connectivity index (χ0n) is 16.7. The molecule has 3 aromatic rings. The van der Waals surface area contributed by atoms with E-state index in [1.807, 2.05) is 49.4 Å². The van der Waals surface area contributed by atoms with Gasteiger partial charge in [0.15, 0.2) is 11.5 Å². The quantitative estimate of drug-likeness (QED) is 0.187. The Morgan fingerprint density at radius 3 is 2.52 bits per heavy atom. The van der Waals surface area contributed by atoms with E-state index in [4.69, 9.17) is 26.3 Å². The summed E-state index contributed by atoms with van der Waals surface area (Å²) in [7, 11) is 0. The van der Waals surface area contributed by atoms with Crippen LogP contribution in [0.25, 0.3) is 11.6 Å². The van der Waals surface area contributed by atoms with Crippen LogP contribution in [0, 0.1) is 26.2 Å². The molecular weight excluding hydrogens is 523 g/mol. The monoisotopic (exact) mass is 540 g/mol. The molecule has 3 aromatic carbocycles. The summed E-state index contributed by atoms with van der Waals surface area (Å²) in [5, 5.41) is 19.5. The van der Waals surface area contributed by atoms with Gasteiger partial charge in [0.05, 0.1) is 33.5 Å². The largest absolute Gasteiger partial charge is 0.490 e. The van der Waals surface area contributed by atoms with Crippen molar-refractivity contribution in [2.75, 3.05) is 6.61 Å². The maximum atomic E-state index is 9.66. The van der Waals surface area contributed by atoms with E-state index in [1.165, 1.54) is 0 Å². The minimum Gasteiger partial charge on any atom is -0.490 e. The van der Waals surface area contributed by atoms with E-state index >= 15 is 0 Å². The van der Waals surface area contributed by atoms with Crippen LogP contribution in [0.15, 0.2) is 60.7 Å². The molecule has 154 valence electrons. The average Bonchev–Trinajstić information content (AvgIpc) is 2.78. The lowest BCUT2D eigenvalue weighted by atomic mass is 10.0. The molecule has 0 unspecified atom stereocenters. The predicted molar refractivity (Wildman–Crippen MR) is 131 cm³/mol. The van der Waals surface area contributed by atoms with Crippen molar-refractivity contribution in [2.45, 2.75) is 13.5 Å². The van der Waals surface area contributed by atoms with Crippen LogP contribution in [-0.4, -0.2) is 6.61 Å². The van der Waals surface area contributed by atoms with Gasteiger partial charge in [0.2, 0.25) is 0 Å². The van der Waals surface area contributed by atoms with E-state index in [-0.39, 0.29) is 0 Å². The maximum Gasteiger partial charge on any atom is 0.175 e. The minimum absolute atomic E-state index is 0.382. The average molecular weight is 541 g/mol. The first-order valence-electron chi connectivity index (χ1n) is 9.50. The topological polar surface area (TPSA) is 66.0 Å². The third-order valence-corrected chi connectivity index (χ3v) is 5.42. The number of ether oxygens (including phenoxy) is 2. The summed E-state index contributed by atoms with van der Waals surface area (Å²) < 4.78 is 12.7.